The first-order chi connectivity index (χ1) is 9.40. The van der Waals surface area contributed by atoms with Gasteiger partial charge in [-0.05, 0) is 45.0 Å². The second-order valence-corrected chi connectivity index (χ2v) is 4.63. The Morgan fingerprint density at radius 1 is 1.35 bits per heavy atom. The molecule has 1 aromatic carbocycles. The summed E-state index contributed by atoms with van der Waals surface area (Å²) in [7, 11) is 0. The van der Waals surface area contributed by atoms with Gasteiger partial charge in [0, 0.05) is 0 Å². The molecular formula is C13H15N3O4. The molecule has 0 spiro atoms. The van der Waals surface area contributed by atoms with Crippen LogP contribution in [0.5, 0.6) is 17.4 Å². The Balaban J connectivity index is 2.48. The molecule has 0 atom stereocenters. The van der Waals surface area contributed by atoms with Crippen molar-refractivity contribution in [2.24, 2.45) is 0 Å². The molecule has 0 saturated carbocycles. The monoisotopic (exact) mass is 277 g/mol. The van der Waals surface area contributed by atoms with E-state index in [1.54, 1.807) is 6.92 Å². The number of hydrogen-bond donors (Lipinski definition) is 1. The van der Waals surface area contributed by atoms with Crippen LogP contribution in [-0.2, 0) is 0 Å². The molecule has 0 aliphatic heterocycles. The molecule has 20 heavy (non-hydrogen) atoms. The first-order valence-corrected chi connectivity index (χ1v) is 6.10. The number of aryl methyl sites for hydroxylation is 1. The number of benzene rings is 1. The van der Waals surface area contributed by atoms with Crippen LogP contribution in [0.4, 0.5) is 5.69 Å². The van der Waals surface area contributed by atoms with Gasteiger partial charge in [-0.15, -0.1) is 0 Å². The summed E-state index contributed by atoms with van der Waals surface area (Å²) in [4.78, 5) is 10.7. The van der Waals surface area contributed by atoms with Crippen LogP contribution in [0.25, 0.3) is 0 Å². The number of phenols is 1. The van der Waals surface area contributed by atoms with Gasteiger partial charge in [0.1, 0.15) is 17.2 Å². The molecule has 0 saturated heterocycles. The van der Waals surface area contributed by atoms with E-state index < -0.39 is 4.92 Å². The summed E-state index contributed by atoms with van der Waals surface area (Å²) in [6.07, 6.45) is 0. The van der Waals surface area contributed by atoms with Gasteiger partial charge in [-0.3, -0.25) is 10.1 Å². The molecule has 1 heterocycles. The van der Waals surface area contributed by atoms with E-state index >= 15 is 0 Å². The molecule has 1 N–H and O–H groups in total. The molecule has 0 radical (unpaired) electrons. The molecule has 0 fully saturated rings. The lowest BCUT2D eigenvalue weighted by molar-refractivity contribution is -0.386. The molecule has 0 aliphatic rings. The van der Waals surface area contributed by atoms with E-state index in [0.29, 0.717) is 11.4 Å². The zero-order valence-corrected chi connectivity index (χ0v) is 11.4. The fourth-order valence-corrected chi connectivity index (χ4v) is 1.80. The van der Waals surface area contributed by atoms with Crippen LogP contribution in [0.2, 0.25) is 0 Å². The highest BCUT2D eigenvalue weighted by atomic mass is 16.6. The van der Waals surface area contributed by atoms with Crippen LogP contribution >= 0.6 is 0 Å². The van der Waals surface area contributed by atoms with Crippen LogP contribution < -0.4 is 4.74 Å². The predicted molar refractivity (Wildman–Crippen MR) is 72.2 cm³/mol. The third-order valence-corrected chi connectivity index (χ3v) is 2.73. The Kier molecular flexibility index (Phi) is 3.60. The molecule has 1 aromatic heterocycles. The fourth-order valence-electron chi connectivity index (χ4n) is 1.80. The minimum atomic E-state index is -0.503. The Morgan fingerprint density at radius 3 is 2.45 bits per heavy atom. The van der Waals surface area contributed by atoms with E-state index in [1.165, 1.54) is 28.9 Å². The quantitative estimate of drug-likeness (QED) is 0.684. The van der Waals surface area contributed by atoms with Gasteiger partial charge >= 0.3 is 5.69 Å². The van der Waals surface area contributed by atoms with Crippen LogP contribution in [0.1, 0.15) is 25.6 Å². The van der Waals surface area contributed by atoms with E-state index in [-0.39, 0.29) is 23.4 Å². The van der Waals surface area contributed by atoms with Crippen molar-refractivity contribution in [3.05, 3.63) is 40.1 Å². The number of nitrogens with zero attached hydrogens (tertiary/aromatic N) is 3. The summed E-state index contributed by atoms with van der Waals surface area (Å²) >= 11 is 0. The van der Waals surface area contributed by atoms with Crippen molar-refractivity contribution in [1.82, 2.24) is 9.78 Å². The zero-order valence-electron chi connectivity index (χ0n) is 11.4. The predicted octanol–water partition coefficient (Wildman–Crippen LogP) is 3.18. The Bertz CT molecular complexity index is 632. The van der Waals surface area contributed by atoms with Crippen molar-refractivity contribution >= 4 is 5.69 Å². The summed E-state index contributed by atoms with van der Waals surface area (Å²) < 4.78 is 7.06. The number of rotatable bonds is 4. The topological polar surface area (TPSA) is 90.4 Å². The lowest BCUT2D eigenvalue weighted by Gasteiger charge is -2.10. The van der Waals surface area contributed by atoms with Crippen molar-refractivity contribution in [2.45, 2.75) is 26.8 Å². The number of phenolic OH excluding ortho intramolecular Hbond substituents is 1. The van der Waals surface area contributed by atoms with E-state index in [1.807, 2.05) is 13.8 Å². The smallest absolute Gasteiger partial charge is 0.353 e. The van der Waals surface area contributed by atoms with Crippen molar-refractivity contribution in [1.29, 1.82) is 0 Å². The van der Waals surface area contributed by atoms with Crippen molar-refractivity contribution in [2.75, 3.05) is 0 Å². The van der Waals surface area contributed by atoms with Crippen LogP contribution in [-0.4, -0.2) is 19.8 Å². The highest BCUT2D eigenvalue weighted by Crippen LogP contribution is 2.36. The summed E-state index contributed by atoms with van der Waals surface area (Å²) in [5, 5.41) is 24.5. The number of aromatic hydroxyl groups is 1. The maximum Gasteiger partial charge on any atom is 0.353 e. The van der Waals surface area contributed by atoms with Crippen LogP contribution in [0.15, 0.2) is 24.3 Å². The largest absolute Gasteiger partial charge is 0.508 e. The number of aromatic nitrogens is 2. The van der Waals surface area contributed by atoms with Crippen molar-refractivity contribution in [3.63, 3.8) is 0 Å². The molecule has 0 unspecified atom stereocenters. The molecule has 0 amide bonds. The van der Waals surface area contributed by atoms with Gasteiger partial charge in [0.2, 0.25) is 0 Å². The molecule has 2 aromatic rings. The van der Waals surface area contributed by atoms with Crippen LogP contribution in [0.3, 0.4) is 0 Å². The molecule has 0 bridgehead atoms. The summed E-state index contributed by atoms with van der Waals surface area (Å²) in [6, 6.07) is 5.89. The normalized spacial score (nSPS) is 10.8. The third kappa shape index (κ3) is 2.56. The SMILES string of the molecule is Cc1nn(C(C)C)c(Oc2ccc(O)cc2)c1[N+](=O)[O-]. The van der Waals surface area contributed by atoms with E-state index in [2.05, 4.69) is 5.10 Å². The van der Waals surface area contributed by atoms with Crippen LogP contribution in [0, 0.1) is 17.0 Å². The van der Waals surface area contributed by atoms with E-state index in [9.17, 15) is 15.2 Å². The van der Waals surface area contributed by atoms with E-state index in [4.69, 9.17) is 4.74 Å². The average molecular weight is 277 g/mol. The van der Waals surface area contributed by atoms with Gasteiger partial charge in [0.25, 0.3) is 5.88 Å². The second kappa shape index (κ2) is 5.20. The Labute approximate surface area is 115 Å². The lowest BCUT2D eigenvalue weighted by atomic mass is 10.3. The summed E-state index contributed by atoms with van der Waals surface area (Å²) in [5.74, 6) is 0.585. The van der Waals surface area contributed by atoms with Gasteiger partial charge in [0.15, 0.2) is 0 Å². The maximum absolute atomic E-state index is 11.2. The molecule has 7 nitrogen and oxygen atoms in total. The number of hydrogen-bond acceptors (Lipinski definition) is 5. The van der Waals surface area contributed by atoms with E-state index in [0.717, 1.165) is 0 Å². The number of nitro groups is 1. The van der Waals surface area contributed by atoms with Crippen molar-refractivity contribution < 1.29 is 14.8 Å². The molecular weight excluding hydrogens is 262 g/mol. The van der Waals surface area contributed by atoms with Crippen molar-refractivity contribution in [3.8, 4) is 17.4 Å². The zero-order chi connectivity index (χ0) is 14.9. The molecule has 2 rings (SSSR count). The summed E-state index contributed by atoms with van der Waals surface area (Å²) in [5.41, 5.74) is 0.157. The Hall–Kier alpha value is -2.57. The lowest BCUT2D eigenvalue weighted by Crippen LogP contribution is -2.05. The minimum Gasteiger partial charge on any atom is -0.508 e. The first-order valence-electron chi connectivity index (χ1n) is 6.10. The molecule has 7 heteroatoms. The van der Waals surface area contributed by atoms with Gasteiger partial charge < -0.3 is 9.84 Å². The van der Waals surface area contributed by atoms with Gasteiger partial charge in [0.05, 0.1) is 11.0 Å². The first kappa shape index (κ1) is 13.9. The maximum atomic E-state index is 11.2. The number of ether oxygens (including phenoxy) is 1. The van der Waals surface area contributed by atoms with Gasteiger partial charge in [-0.2, -0.15) is 5.10 Å². The standard InChI is InChI=1S/C13H15N3O4/c1-8(2)15-13(12(16(18)19)9(3)14-15)20-11-6-4-10(17)5-7-11/h4-8,17H,1-3H3. The highest BCUT2D eigenvalue weighted by molar-refractivity contribution is 5.48. The fraction of sp³-hybridized carbons (Fsp3) is 0.308. The minimum absolute atomic E-state index is 0.0745. The highest BCUT2D eigenvalue weighted by Gasteiger charge is 2.28. The van der Waals surface area contributed by atoms with Gasteiger partial charge in [-0.25, -0.2) is 4.68 Å². The third-order valence-electron chi connectivity index (χ3n) is 2.73. The Morgan fingerprint density at radius 2 is 1.95 bits per heavy atom. The molecule has 106 valence electrons. The van der Waals surface area contributed by atoms with Gasteiger partial charge in [-0.1, -0.05) is 0 Å². The molecule has 0 aliphatic carbocycles. The average Bonchev–Trinajstić information content (AvgIpc) is 2.69. The second-order valence-electron chi connectivity index (χ2n) is 4.63. The summed E-state index contributed by atoms with van der Waals surface area (Å²) in [6.45, 7) is 5.29.